The van der Waals surface area contributed by atoms with Crippen molar-refractivity contribution in [3.63, 3.8) is 0 Å². The first kappa shape index (κ1) is 12.1. The van der Waals surface area contributed by atoms with Crippen LogP contribution in [0.15, 0.2) is 42.5 Å². The van der Waals surface area contributed by atoms with Crippen LogP contribution in [0.1, 0.15) is 22.7 Å². The Labute approximate surface area is 105 Å². The van der Waals surface area contributed by atoms with Crippen LogP contribution in [0.2, 0.25) is 5.02 Å². The van der Waals surface area contributed by atoms with Gasteiger partial charge in [-0.3, -0.25) is 0 Å². The lowest BCUT2D eigenvalue weighted by molar-refractivity contribution is 0.614. The minimum absolute atomic E-state index is 0.230. The highest BCUT2D eigenvalue weighted by molar-refractivity contribution is 6.30. The SMILES string of the molecule is Cc1ccc(C(N)c2ccc(Cl)cc2)cc1F. The molecule has 1 nitrogen and oxygen atoms in total. The largest absolute Gasteiger partial charge is 0.320 e. The third-order valence-corrected chi connectivity index (χ3v) is 3.04. The minimum Gasteiger partial charge on any atom is -0.320 e. The molecule has 0 aliphatic carbocycles. The van der Waals surface area contributed by atoms with Crippen molar-refractivity contribution in [1.82, 2.24) is 0 Å². The van der Waals surface area contributed by atoms with Gasteiger partial charge in [0.2, 0.25) is 0 Å². The second kappa shape index (κ2) is 4.86. The number of rotatable bonds is 2. The molecule has 0 heterocycles. The standard InChI is InChI=1S/C14H13ClFN/c1-9-2-3-11(8-13(9)16)14(17)10-4-6-12(15)7-5-10/h2-8,14H,17H2,1H3. The van der Waals surface area contributed by atoms with Gasteiger partial charge in [-0.2, -0.15) is 0 Å². The first-order valence-electron chi connectivity index (χ1n) is 5.35. The van der Waals surface area contributed by atoms with Crippen molar-refractivity contribution in [2.45, 2.75) is 13.0 Å². The fourth-order valence-electron chi connectivity index (χ4n) is 1.67. The van der Waals surface area contributed by atoms with E-state index in [0.717, 1.165) is 11.1 Å². The summed E-state index contributed by atoms with van der Waals surface area (Å²) in [6.07, 6.45) is 0. The number of aryl methyl sites for hydroxylation is 1. The van der Waals surface area contributed by atoms with Crippen LogP contribution in [-0.2, 0) is 0 Å². The molecule has 17 heavy (non-hydrogen) atoms. The van der Waals surface area contributed by atoms with Crippen molar-refractivity contribution >= 4 is 11.6 Å². The smallest absolute Gasteiger partial charge is 0.126 e. The van der Waals surface area contributed by atoms with Crippen LogP contribution in [0, 0.1) is 12.7 Å². The number of hydrogen-bond donors (Lipinski definition) is 1. The molecule has 0 radical (unpaired) electrons. The van der Waals surface area contributed by atoms with Gasteiger partial charge in [-0.15, -0.1) is 0 Å². The van der Waals surface area contributed by atoms with Crippen molar-refractivity contribution in [1.29, 1.82) is 0 Å². The van der Waals surface area contributed by atoms with E-state index in [2.05, 4.69) is 0 Å². The molecule has 3 heteroatoms. The highest BCUT2D eigenvalue weighted by atomic mass is 35.5. The maximum absolute atomic E-state index is 13.4. The van der Waals surface area contributed by atoms with Crippen molar-refractivity contribution in [3.05, 3.63) is 70.0 Å². The normalized spacial score (nSPS) is 12.5. The fraction of sp³-hybridized carbons (Fsp3) is 0.143. The summed E-state index contributed by atoms with van der Waals surface area (Å²) in [6.45, 7) is 1.73. The maximum Gasteiger partial charge on any atom is 0.126 e. The Morgan fingerprint density at radius 1 is 1.06 bits per heavy atom. The number of hydrogen-bond acceptors (Lipinski definition) is 1. The predicted molar refractivity (Wildman–Crippen MR) is 68.6 cm³/mol. The van der Waals surface area contributed by atoms with E-state index < -0.39 is 0 Å². The molecular formula is C14H13ClFN. The van der Waals surface area contributed by atoms with Gasteiger partial charge in [0.25, 0.3) is 0 Å². The zero-order chi connectivity index (χ0) is 12.4. The van der Waals surface area contributed by atoms with Gasteiger partial charge >= 0.3 is 0 Å². The summed E-state index contributed by atoms with van der Waals surface area (Å²) in [6, 6.07) is 12.0. The number of benzene rings is 2. The van der Waals surface area contributed by atoms with Crippen LogP contribution in [-0.4, -0.2) is 0 Å². The summed E-state index contributed by atoms with van der Waals surface area (Å²) in [5.74, 6) is -0.230. The van der Waals surface area contributed by atoms with Crippen molar-refractivity contribution in [3.8, 4) is 0 Å². The van der Waals surface area contributed by atoms with Crippen LogP contribution in [0.5, 0.6) is 0 Å². The van der Waals surface area contributed by atoms with Gasteiger partial charge in [0, 0.05) is 5.02 Å². The van der Waals surface area contributed by atoms with Gasteiger partial charge in [-0.05, 0) is 41.8 Å². The Kier molecular flexibility index (Phi) is 3.46. The molecule has 0 saturated heterocycles. The van der Waals surface area contributed by atoms with Gasteiger partial charge in [-0.25, -0.2) is 4.39 Å². The van der Waals surface area contributed by atoms with Crippen LogP contribution in [0.4, 0.5) is 4.39 Å². The van der Waals surface area contributed by atoms with E-state index >= 15 is 0 Å². The van der Waals surface area contributed by atoms with Crippen LogP contribution < -0.4 is 5.73 Å². The predicted octanol–water partition coefficient (Wildman–Crippen LogP) is 3.84. The molecule has 88 valence electrons. The first-order valence-corrected chi connectivity index (χ1v) is 5.73. The molecule has 1 unspecified atom stereocenters. The van der Waals surface area contributed by atoms with Crippen molar-refractivity contribution < 1.29 is 4.39 Å². The maximum atomic E-state index is 13.4. The average molecular weight is 250 g/mol. The monoisotopic (exact) mass is 249 g/mol. The molecule has 0 spiro atoms. The molecule has 0 aliphatic heterocycles. The Morgan fingerprint density at radius 3 is 2.24 bits per heavy atom. The molecule has 0 amide bonds. The van der Waals surface area contributed by atoms with E-state index in [1.807, 2.05) is 18.2 Å². The zero-order valence-electron chi connectivity index (χ0n) is 9.45. The third kappa shape index (κ3) is 2.65. The number of halogens is 2. The highest BCUT2D eigenvalue weighted by Crippen LogP contribution is 2.22. The molecular weight excluding hydrogens is 237 g/mol. The molecule has 0 saturated carbocycles. The third-order valence-electron chi connectivity index (χ3n) is 2.78. The van der Waals surface area contributed by atoms with Crippen LogP contribution >= 0.6 is 11.6 Å². The zero-order valence-corrected chi connectivity index (χ0v) is 10.2. The van der Waals surface area contributed by atoms with Gasteiger partial charge in [0.1, 0.15) is 5.82 Å². The Balaban J connectivity index is 2.33. The van der Waals surface area contributed by atoms with E-state index in [0.29, 0.717) is 10.6 Å². The van der Waals surface area contributed by atoms with Crippen molar-refractivity contribution in [2.75, 3.05) is 0 Å². The summed E-state index contributed by atoms with van der Waals surface area (Å²) in [7, 11) is 0. The Bertz CT molecular complexity index is 522. The highest BCUT2D eigenvalue weighted by Gasteiger charge is 2.10. The van der Waals surface area contributed by atoms with Gasteiger partial charge in [0.15, 0.2) is 0 Å². The summed E-state index contributed by atoms with van der Waals surface area (Å²) >= 11 is 5.81. The first-order chi connectivity index (χ1) is 8.08. The lowest BCUT2D eigenvalue weighted by Crippen LogP contribution is -2.12. The average Bonchev–Trinajstić information content (AvgIpc) is 2.33. The van der Waals surface area contributed by atoms with Crippen molar-refractivity contribution in [2.24, 2.45) is 5.73 Å². The molecule has 1 atom stereocenters. The molecule has 0 fully saturated rings. The lowest BCUT2D eigenvalue weighted by atomic mass is 9.98. The van der Waals surface area contributed by atoms with E-state index in [4.69, 9.17) is 17.3 Å². The molecule has 2 aromatic carbocycles. The molecule has 0 aliphatic rings. The molecule has 2 rings (SSSR count). The lowest BCUT2D eigenvalue weighted by Gasteiger charge is -2.13. The Hall–Kier alpha value is -1.38. The summed E-state index contributed by atoms with van der Waals surface area (Å²) < 4.78 is 13.4. The quantitative estimate of drug-likeness (QED) is 0.860. The van der Waals surface area contributed by atoms with Crippen LogP contribution in [0.25, 0.3) is 0 Å². The van der Waals surface area contributed by atoms with Gasteiger partial charge in [-0.1, -0.05) is 35.9 Å². The van der Waals surface area contributed by atoms with E-state index in [1.54, 1.807) is 25.1 Å². The van der Waals surface area contributed by atoms with Crippen LogP contribution in [0.3, 0.4) is 0 Å². The Morgan fingerprint density at radius 2 is 1.65 bits per heavy atom. The second-order valence-corrected chi connectivity index (χ2v) is 4.47. The summed E-state index contributed by atoms with van der Waals surface area (Å²) in [5.41, 5.74) is 8.37. The number of nitrogens with two attached hydrogens (primary N) is 1. The molecule has 2 N–H and O–H groups in total. The van der Waals surface area contributed by atoms with E-state index in [-0.39, 0.29) is 11.9 Å². The fourth-order valence-corrected chi connectivity index (χ4v) is 1.79. The minimum atomic E-state index is -0.331. The topological polar surface area (TPSA) is 26.0 Å². The second-order valence-electron chi connectivity index (χ2n) is 4.04. The summed E-state index contributed by atoms with van der Waals surface area (Å²) in [4.78, 5) is 0. The van der Waals surface area contributed by atoms with E-state index in [1.165, 1.54) is 6.07 Å². The summed E-state index contributed by atoms with van der Waals surface area (Å²) in [5, 5.41) is 0.663. The molecule has 0 aromatic heterocycles. The van der Waals surface area contributed by atoms with E-state index in [9.17, 15) is 4.39 Å². The molecule has 2 aromatic rings. The van der Waals surface area contributed by atoms with Gasteiger partial charge in [0.05, 0.1) is 6.04 Å². The molecule has 0 bridgehead atoms. The van der Waals surface area contributed by atoms with Gasteiger partial charge < -0.3 is 5.73 Å².